The van der Waals surface area contributed by atoms with Crippen LogP contribution in [-0.2, 0) is 21.1 Å². The van der Waals surface area contributed by atoms with Gasteiger partial charge < -0.3 is 4.90 Å². The average molecular weight is 585 g/mol. The number of likely N-dealkylation sites (tertiary alicyclic amines) is 1. The number of hydrogen-bond donors (Lipinski definition) is 0. The molecule has 198 valence electrons. The lowest BCUT2D eigenvalue weighted by atomic mass is 9.79. The van der Waals surface area contributed by atoms with Crippen molar-refractivity contribution in [3.05, 3.63) is 81.6 Å². The van der Waals surface area contributed by atoms with Gasteiger partial charge in [-0.2, -0.15) is 5.10 Å². The highest BCUT2D eigenvalue weighted by molar-refractivity contribution is 9.10. The van der Waals surface area contributed by atoms with Gasteiger partial charge in [0.1, 0.15) is 4.75 Å². The Balaban J connectivity index is 1.34. The number of benzene rings is 2. The summed E-state index contributed by atoms with van der Waals surface area (Å²) in [6, 6.07) is 18.0. The number of aryl methyl sites for hydroxylation is 3. The normalized spacial score (nSPS) is 23.8. The van der Waals surface area contributed by atoms with Crippen LogP contribution >= 0.6 is 15.9 Å². The van der Waals surface area contributed by atoms with Crippen molar-refractivity contribution in [2.45, 2.75) is 87.4 Å². The number of halogens is 1. The molecule has 3 aromatic rings. The number of rotatable bonds is 6. The molecule has 0 amide bonds. The van der Waals surface area contributed by atoms with E-state index < -0.39 is 14.6 Å². The minimum atomic E-state index is -3.55. The second-order valence-corrected chi connectivity index (χ2v) is 14.1. The highest BCUT2D eigenvalue weighted by Crippen LogP contribution is 2.48. The van der Waals surface area contributed by atoms with E-state index in [1.54, 1.807) is 12.1 Å². The number of sulfone groups is 1. The zero-order valence-electron chi connectivity index (χ0n) is 22.2. The van der Waals surface area contributed by atoms with Crippen molar-refractivity contribution >= 4 is 25.8 Å². The van der Waals surface area contributed by atoms with Crippen LogP contribution in [0.4, 0.5) is 0 Å². The first-order valence-electron chi connectivity index (χ1n) is 13.6. The van der Waals surface area contributed by atoms with Gasteiger partial charge in [-0.1, -0.05) is 45.8 Å². The van der Waals surface area contributed by atoms with Gasteiger partial charge in [0.2, 0.25) is 0 Å². The van der Waals surface area contributed by atoms with Gasteiger partial charge >= 0.3 is 0 Å². The third-order valence-electron chi connectivity index (χ3n) is 8.68. The minimum absolute atomic E-state index is 0.433. The van der Waals surface area contributed by atoms with Crippen LogP contribution in [0.15, 0.2) is 64.0 Å². The smallest absolute Gasteiger partial charge is 0.188 e. The van der Waals surface area contributed by atoms with Gasteiger partial charge in [-0.05, 0) is 108 Å². The first-order chi connectivity index (χ1) is 17.7. The zero-order valence-corrected chi connectivity index (χ0v) is 24.6. The van der Waals surface area contributed by atoms with Crippen LogP contribution in [0.2, 0.25) is 0 Å². The maximum atomic E-state index is 14.2. The zero-order chi connectivity index (χ0) is 26.2. The van der Waals surface area contributed by atoms with Crippen molar-refractivity contribution in [1.82, 2.24) is 14.7 Å². The molecule has 0 bridgehead atoms. The molecule has 1 aliphatic heterocycles. The molecule has 0 atom stereocenters. The van der Waals surface area contributed by atoms with E-state index >= 15 is 0 Å². The molecule has 1 saturated carbocycles. The molecule has 0 spiro atoms. The van der Waals surface area contributed by atoms with Crippen LogP contribution < -0.4 is 0 Å². The Morgan fingerprint density at radius 1 is 0.946 bits per heavy atom. The van der Waals surface area contributed by atoms with Crippen LogP contribution in [-0.4, -0.2) is 42.2 Å². The van der Waals surface area contributed by atoms with E-state index in [-0.39, 0.29) is 0 Å². The maximum absolute atomic E-state index is 14.2. The first-order valence-corrected chi connectivity index (χ1v) is 15.9. The Kier molecular flexibility index (Phi) is 7.68. The van der Waals surface area contributed by atoms with E-state index in [0.29, 0.717) is 29.7 Å². The standard InChI is InChI=1S/C30H38BrN3O2S/c1-4-34-29(21-23(3)32-34)24-15-19-33(20-16-24)27-13-17-30(18-14-27,25-7-9-26(31)10-8-25)37(35,36)28-11-5-22(2)6-12-28/h5-12,21,24,27H,4,13-20H2,1-3H3. The summed E-state index contributed by atoms with van der Waals surface area (Å²) < 4.78 is 30.7. The second kappa shape index (κ2) is 10.7. The SMILES string of the molecule is CCn1nc(C)cc1C1CCN(C2CCC(c3ccc(Br)cc3)(S(=O)(=O)c3ccc(C)cc3)CC2)CC1. The number of piperidine rings is 1. The number of aromatic nitrogens is 2. The average Bonchev–Trinajstić information content (AvgIpc) is 3.30. The summed E-state index contributed by atoms with van der Waals surface area (Å²) >= 11 is 3.52. The third-order valence-corrected chi connectivity index (χ3v) is 11.8. The molecule has 0 unspecified atom stereocenters. The van der Waals surface area contributed by atoms with Gasteiger partial charge in [-0.15, -0.1) is 0 Å². The molecule has 7 heteroatoms. The molecule has 0 N–H and O–H groups in total. The molecule has 1 saturated heterocycles. The predicted octanol–water partition coefficient (Wildman–Crippen LogP) is 6.77. The van der Waals surface area contributed by atoms with E-state index in [1.165, 1.54) is 5.69 Å². The first kappa shape index (κ1) is 26.6. The summed E-state index contributed by atoms with van der Waals surface area (Å²) in [5.41, 5.74) is 4.46. The lowest BCUT2D eigenvalue weighted by Gasteiger charge is -2.45. The van der Waals surface area contributed by atoms with E-state index in [9.17, 15) is 8.42 Å². The van der Waals surface area contributed by atoms with Crippen molar-refractivity contribution in [2.24, 2.45) is 0 Å². The maximum Gasteiger partial charge on any atom is 0.188 e. The molecule has 2 heterocycles. The highest BCUT2D eigenvalue weighted by atomic mass is 79.9. The van der Waals surface area contributed by atoms with Crippen LogP contribution in [0.25, 0.3) is 0 Å². The van der Waals surface area contributed by atoms with E-state index in [2.05, 4.69) is 50.5 Å². The largest absolute Gasteiger partial charge is 0.300 e. The number of hydrogen-bond acceptors (Lipinski definition) is 4. The van der Waals surface area contributed by atoms with Gasteiger partial charge in [0.05, 0.1) is 10.6 Å². The van der Waals surface area contributed by atoms with Gasteiger partial charge in [0.15, 0.2) is 9.84 Å². The van der Waals surface area contributed by atoms with Crippen LogP contribution in [0.1, 0.15) is 73.9 Å². The van der Waals surface area contributed by atoms with Crippen LogP contribution in [0.5, 0.6) is 0 Å². The fraction of sp³-hybridized carbons (Fsp3) is 0.500. The molecule has 0 radical (unpaired) electrons. The van der Waals surface area contributed by atoms with Gasteiger partial charge in [0, 0.05) is 28.7 Å². The summed E-state index contributed by atoms with van der Waals surface area (Å²) in [6.45, 7) is 9.29. The molecule has 2 fully saturated rings. The molecule has 5 nitrogen and oxygen atoms in total. The summed E-state index contributed by atoms with van der Waals surface area (Å²) in [7, 11) is -3.55. The van der Waals surface area contributed by atoms with E-state index in [0.717, 1.165) is 66.6 Å². The Hall–Kier alpha value is -1.96. The van der Waals surface area contributed by atoms with Crippen molar-refractivity contribution in [3.8, 4) is 0 Å². The molecule has 2 aromatic carbocycles. The Labute approximate surface area is 230 Å². The monoisotopic (exact) mass is 583 g/mol. The van der Waals surface area contributed by atoms with Crippen molar-refractivity contribution < 1.29 is 8.42 Å². The highest BCUT2D eigenvalue weighted by Gasteiger charge is 2.49. The van der Waals surface area contributed by atoms with Crippen LogP contribution in [0.3, 0.4) is 0 Å². The molecule has 1 aliphatic carbocycles. The van der Waals surface area contributed by atoms with E-state index in [1.807, 2.05) is 43.3 Å². The lowest BCUT2D eigenvalue weighted by molar-refractivity contribution is 0.110. The predicted molar refractivity (Wildman–Crippen MR) is 153 cm³/mol. The topological polar surface area (TPSA) is 55.2 Å². The molecule has 5 rings (SSSR count). The summed E-state index contributed by atoms with van der Waals surface area (Å²) in [5, 5.41) is 4.66. The number of nitrogens with zero attached hydrogens (tertiary/aromatic N) is 3. The van der Waals surface area contributed by atoms with Crippen molar-refractivity contribution in [3.63, 3.8) is 0 Å². The Morgan fingerprint density at radius 3 is 2.16 bits per heavy atom. The molecule has 2 aliphatic rings. The quantitative estimate of drug-likeness (QED) is 0.321. The molecular weight excluding hydrogens is 546 g/mol. The van der Waals surface area contributed by atoms with Crippen molar-refractivity contribution in [2.75, 3.05) is 13.1 Å². The lowest BCUT2D eigenvalue weighted by Crippen LogP contribution is -2.48. The third kappa shape index (κ3) is 5.07. The van der Waals surface area contributed by atoms with Gasteiger partial charge in [-0.25, -0.2) is 8.42 Å². The Bertz CT molecular complexity index is 1320. The van der Waals surface area contributed by atoms with Crippen molar-refractivity contribution in [1.29, 1.82) is 0 Å². The fourth-order valence-electron chi connectivity index (χ4n) is 6.55. The van der Waals surface area contributed by atoms with Gasteiger partial charge in [0.25, 0.3) is 0 Å². The molecular formula is C30H38BrN3O2S. The minimum Gasteiger partial charge on any atom is -0.300 e. The second-order valence-electron chi connectivity index (χ2n) is 10.9. The summed E-state index contributed by atoms with van der Waals surface area (Å²) in [4.78, 5) is 3.06. The van der Waals surface area contributed by atoms with E-state index in [4.69, 9.17) is 0 Å². The Morgan fingerprint density at radius 2 is 1.57 bits per heavy atom. The summed E-state index contributed by atoms with van der Waals surface area (Å²) in [6.07, 6.45) is 5.38. The van der Waals surface area contributed by atoms with Gasteiger partial charge in [-0.3, -0.25) is 4.68 Å². The molecule has 37 heavy (non-hydrogen) atoms. The summed E-state index contributed by atoms with van der Waals surface area (Å²) in [5.74, 6) is 0.560. The molecule has 1 aromatic heterocycles. The fourth-order valence-corrected chi connectivity index (χ4v) is 8.98. The van der Waals surface area contributed by atoms with Crippen LogP contribution in [0, 0.1) is 13.8 Å².